The Labute approximate surface area is 293 Å². The molecule has 0 aliphatic heterocycles. The van der Waals surface area contributed by atoms with Crippen molar-refractivity contribution in [2.45, 2.75) is 0 Å². The predicted molar refractivity (Wildman–Crippen MR) is 213 cm³/mol. The Morgan fingerprint density at radius 1 is 0.294 bits per heavy atom. The van der Waals surface area contributed by atoms with Crippen molar-refractivity contribution >= 4 is 65.5 Å². The zero-order valence-corrected chi connectivity index (χ0v) is 27.6. The molecule has 51 heavy (non-hydrogen) atoms. The average molecular weight is 651 g/mol. The zero-order chi connectivity index (χ0) is 33.5. The van der Waals surface area contributed by atoms with Crippen molar-refractivity contribution in [1.82, 2.24) is 18.7 Å². The van der Waals surface area contributed by atoms with Gasteiger partial charge in [0.25, 0.3) is 0 Å². The summed E-state index contributed by atoms with van der Waals surface area (Å²) in [5.41, 5.74) is 12.7. The maximum Gasteiger partial charge on any atom is 0.145 e. The van der Waals surface area contributed by atoms with Gasteiger partial charge in [0.2, 0.25) is 0 Å². The number of benzene rings is 7. The third-order valence-corrected chi connectivity index (χ3v) is 10.5. The number of hydrogen-bond acceptors (Lipinski definition) is 1. The number of hydrogen-bond donors (Lipinski definition) is 0. The highest BCUT2D eigenvalue weighted by atomic mass is 15.1. The van der Waals surface area contributed by atoms with Gasteiger partial charge in [-0.3, -0.25) is 4.57 Å². The quantitative estimate of drug-likeness (QED) is 0.186. The normalized spacial score (nSPS) is 11.9. The van der Waals surface area contributed by atoms with Gasteiger partial charge in [-0.2, -0.15) is 0 Å². The van der Waals surface area contributed by atoms with Gasteiger partial charge in [0.05, 0.1) is 27.6 Å². The molecule has 0 radical (unpaired) electrons. The molecule has 11 aromatic rings. The Hall–Kier alpha value is -6.91. The molecule has 0 amide bonds. The maximum absolute atomic E-state index is 4.86. The topological polar surface area (TPSA) is 27.7 Å². The molecule has 0 N–H and O–H groups in total. The van der Waals surface area contributed by atoms with Crippen molar-refractivity contribution in [3.63, 3.8) is 0 Å². The standard InChI is InChI=1S/C47H30N4/c1-3-12-31(13-4-1)32-21-23-34(24-22-32)49-42-19-9-7-16-36(42)40-29-41-37-17-8-10-20-43(37)50(46(41)30-45(40)49)35-25-26-44-39(28-35)38-18-11-27-48-47(38)51(44)33-14-5-2-6-15-33/h1-30H. The van der Waals surface area contributed by atoms with Crippen LogP contribution in [-0.2, 0) is 0 Å². The van der Waals surface area contributed by atoms with Crippen molar-refractivity contribution < 1.29 is 0 Å². The van der Waals surface area contributed by atoms with Gasteiger partial charge < -0.3 is 9.13 Å². The fourth-order valence-electron chi connectivity index (χ4n) is 8.23. The fraction of sp³-hybridized carbons (Fsp3) is 0. The summed E-state index contributed by atoms with van der Waals surface area (Å²) in [5, 5.41) is 7.31. The number of fused-ring (bicyclic) bond motifs is 9. The van der Waals surface area contributed by atoms with Crippen LogP contribution >= 0.6 is 0 Å². The van der Waals surface area contributed by atoms with Crippen LogP contribution in [0, 0.1) is 0 Å². The van der Waals surface area contributed by atoms with Gasteiger partial charge in [-0.25, -0.2) is 4.98 Å². The molecule has 0 aliphatic carbocycles. The van der Waals surface area contributed by atoms with Gasteiger partial charge in [-0.05, 0) is 90.0 Å². The summed E-state index contributed by atoms with van der Waals surface area (Å²) < 4.78 is 7.13. The highest BCUT2D eigenvalue weighted by Gasteiger charge is 2.20. The van der Waals surface area contributed by atoms with Crippen molar-refractivity contribution in [3.05, 3.63) is 182 Å². The minimum Gasteiger partial charge on any atom is -0.309 e. The first-order valence-corrected chi connectivity index (χ1v) is 17.4. The molecule has 7 aromatic carbocycles. The van der Waals surface area contributed by atoms with Crippen molar-refractivity contribution in [2.75, 3.05) is 0 Å². The van der Waals surface area contributed by atoms with Gasteiger partial charge in [0, 0.05) is 55.6 Å². The summed E-state index contributed by atoms with van der Waals surface area (Å²) in [6.07, 6.45) is 1.88. The zero-order valence-electron chi connectivity index (χ0n) is 27.6. The molecule has 0 fully saturated rings. The second-order valence-electron chi connectivity index (χ2n) is 13.3. The summed E-state index contributed by atoms with van der Waals surface area (Å²) in [6, 6.07) is 63.5. The molecule has 0 unspecified atom stereocenters. The molecule has 4 heteroatoms. The summed E-state index contributed by atoms with van der Waals surface area (Å²) >= 11 is 0. The van der Waals surface area contributed by atoms with E-state index in [-0.39, 0.29) is 0 Å². The smallest absolute Gasteiger partial charge is 0.145 e. The van der Waals surface area contributed by atoms with Gasteiger partial charge in [-0.1, -0.05) is 97.1 Å². The first-order valence-electron chi connectivity index (χ1n) is 17.4. The number of rotatable bonds is 4. The third-order valence-electron chi connectivity index (χ3n) is 10.5. The van der Waals surface area contributed by atoms with Crippen LogP contribution in [0.4, 0.5) is 0 Å². The van der Waals surface area contributed by atoms with Crippen molar-refractivity contribution in [3.8, 4) is 28.2 Å². The van der Waals surface area contributed by atoms with Crippen LogP contribution < -0.4 is 0 Å². The van der Waals surface area contributed by atoms with Gasteiger partial charge >= 0.3 is 0 Å². The number of pyridine rings is 1. The fourth-order valence-corrected chi connectivity index (χ4v) is 8.23. The molecule has 11 rings (SSSR count). The summed E-state index contributed by atoms with van der Waals surface area (Å²) in [5.74, 6) is 0. The van der Waals surface area contributed by atoms with Crippen LogP contribution in [0.2, 0.25) is 0 Å². The molecule has 4 aromatic heterocycles. The van der Waals surface area contributed by atoms with Gasteiger partial charge in [0.1, 0.15) is 5.65 Å². The van der Waals surface area contributed by atoms with Crippen LogP contribution in [0.25, 0.3) is 93.7 Å². The number of para-hydroxylation sites is 3. The Morgan fingerprint density at radius 2 is 0.804 bits per heavy atom. The lowest BCUT2D eigenvalue weighted by Crippen LogP contribution is -1.97. The van der Waals surface area contributed by atoms with Crippen molar-refractivity contribution in [2.24, 2.45) is 0 Å². The van der Waals surface area contributed by atoms with Crippen LogP contribution in [0.15, 0.2) is 182 Å². The monoisotopic (exact) mass is 650 g/mol. The lowest BCUT2D eigenvalue weighted by Gasteiger charge is -2.12. The van der Waals surface area contributed by atoms with E-state index in [2.05, 4.69) is 184 Å². The molecule has 0 spiro atoms. The Kier molecular flexibility index (Phi) is 5.92. The van der Waals surface area contributed by atoms with E-state index in [1.165, 1.54) is 60.1 Å². The van der Waals surface area contributed by atoms with E-state index in [4.69, 9.17) is 4.98 Å². The third kappa shape index (κ3) is 4.11. The molecule has 0 saturated carbocycles. The molecule has 4 heterocycles. The second kappa shape index (κ2) is 10.8. The van der Waals surface area contributed by atoms with E-state index in [0.29, 0.717) is 0 Å². The van der Waals surface area contributed by atoms with E-state index in [1.54, 1.807) is 0 Å². The van der Waals surface area contributed by atoms with E-state index in [0.717, 1.165) is 33.6 Å². The van der Waals surface area contributed by atoms with Gasteiger partial charge in [0.15, 0.2) is 0 Å². The SMILES string of the molecule is c1ccc(-c2ccc(-n3c4ccccc4c4cc5c6ccccc6n(-c6ccc7c(c6)c6cccnc6n7-c6ccccc6)c5cc43)cc2)cc1. The Morgan fingerprint density at radius 3 is 1.51 bits per heavy atom. The largest absolute Gasteiger partial charge is 0.309 e. The van der Waals surface area contributed by atoms with E-state index < -0.39 is 0 Å². The number of aromatic nitrogens is 4. The molecule has 0 saturated heterocycles. The molecular weight excluding hydrogens is 621 g/mol. The molecule has 238 valence electrons. The van der Waals surface area contributed by atoms with Gasteiger partial charge in [-0.15, -0.1) is 0 Å². The first kappa shape index (κ1) is 28.0. The Balaban J connectivity index is 1.19. The van der Waals surface area contributed by atoms with Crippen LogP contribution in [0.3, 0.4) is 0 Å². The van der Waals surface area contributed by atoms with Crippen LogP contribution in [0.1, 0.15) is 0 Å². The highest BCUT2D eigenvalue weighted by Crippen LogP contribution is 2.41. The molecular formula is C47H30N4. The van der Waals surface area contributed by atoms with Crippen LogP contribution in [-0.4, -0.2) is 18.7 Å². The first-order chi connectivity index (χ1) is 25.3. The summed E-state index contributed by atoms with van der Waals surface area (Å²) in [6.45, 7) is 0. The second-order valence-corrected chi connectivity index (χ2v) is 13.3. The van der Waals surface area contributed by atoms with E-state index >= 15 is 0 Å². The predicted octanol–water partition coefficient (Wildman–Crippen LogP) is 12.0. The molecule has 0 bridgehead atoms. The Bertz CT molecular complexity index is 3110. The lowest BCUT2D eigenvalue weighted by molar-refractivity contribution is 1.13. The number of nitrogens with zero attached hydrogens (tertiary/aromatic N) is 4. The van der Waals surface area contributed by atoms with E-state index in [1.807, 2.05) is 12.3 Å². The minimum atomic E-state index is 0.961. The molecule has 4 nitrogen and oxygen atoms in total. The molecule has 0 atom stereocenters. The molecule has 0 aliphatic rings. The lowest BCUT2D eigenvalue weighted by atomic mass is 10.1. The summed E-state index contributed by atoms with van der Waals surface area (Å²) in [7, 11) is 0. The van der Waals surface area contributed by atoms with E-state index in [9.17, 15) is 0 Å². The average Bonchev–Trinajstić information content (AvgIpc) is 3.83. The van der Waals surface area contributed by atoms with Crippen molar-refractivity contribution in [1.29, 1.82) is 0 Å². The van der Waals surface area contributed by atoms with Crippen LogP contribution in [0.5, 0.6) is 0 Å². The highest BCUT2D eigenvalue weighted by molar-refractivity contribution is 6.19. The summed E-state index contributed by atoms with van der Waals surface area (Å²) in [4.78, 5) is 4.86. The maximum atomic E-state index is 4.86. The minimum absolute atomic E-state index is 0.961.